The standard InChI is InChI=1S/C16H21N3O2/c1-4-10(3)14(16(20)21)19-15-12-8-11(5-2)6-7-13(12)17-9-18-15/h6-10,14H,4-5H2,1-3H3,(H,20,21)(H,17,18,19). The van der Waals surface area contributed by atoms with Crippen molar-refractivity contribution in [1.82, 2.24) is 9.97 Å². The maximum absolute atomic E-state index is 11.5. The summed E-state index contributed by atoms with van der Waals surface area (Å²) in [4.78, 5) is 19.9. The second-order valence-electron chi connectivity index (χ2n) is 5.27. The highest BCUT2D eigenvalue weighted by Crippen LogP contribution is 2.23. The van der Waals surface area contributed by atoms with Crippen LogP contribution in [-0.2, 0) is 11.2 Å². The average molecular weight is 287 g/mol. The van der Waals surface area contributed by atoms with Crippen LogP contribution in [0.2, 0.25) is 0 Å². The van der Waals surface area contributed by atoms with Gasteiger partial charge in [0.1, 0.15) is 18.2 Å². The molecule has 0 aliphatic carbocycles. The molecular formula is C16H21N3O2. The SMILES string of the molecule is CCc1ccc2ncnc(NC(C(=O)O)C(C)CC)c2c1. The van der Waals surface area contributed by atoms with Gasteiger partial charge in [-0.2, -0.15) is 0 Å². The fourth-order valence-electron chi connectivity index (χ4n) is 2.27. The number of hydrogen-bond donors (Lipinski definition) is 2. The molecule has 2 atom stereocenters. The van der Waals surface area contributed by atoms with E-state index in [1.807, 2.05) is 32.0 Å². The van der Waals surface area contributed by atoms with Gasteiger partial charge < -0.3 is 10.4 Å². The minimum atomic E-state index is -0.859. The van der Waals surface area contributed by atoms with Crippen LogP contribution in [-0.4, -0.2) is 27.1 Å². The normalized spacial score (nSPS) is 13.9. The lowest BCUT2D eigenvalue weighted by atomic mass is 9.99. The highest BCUT2D eigenvalue weighted by atomic mass is 16.4. The van der Waals surface area contributed by atoms with Gasteiger partial charge in [0.05, 0.1) is 5.52 Å². The van der Waals surface area contributed by atoms with E-state index in [-0.39, 0.29) is 5.92 Å². The maximum atomic E-state index is 11.5. The van der Waals surface area contributed by atoms with Crippen LogP contribution < -0.4 is 5.32 Å². The number of hydrogen-bond acceptors (Lipinski definition) is 4. The third-order valence-corrected chi connectivity index (χ3v) is 3.88. The second-order valence-corrected chi connectivity index (χ2v) is 5.27. The molecule has 0 saturated carbocycles. The predicted octanol–water partition coefficient (Wildman–Crippen LogP) is 3.10. The van der Waals surface area contributed by atoms with Gasteiger partial charge in [-0.15, -0.1) is 0 Å². The first kappa shape index (κ1) is 15.2. The summed E-state index contributed by atoms with van der Waals surface area (Å²) < 4.78 is 0. The van der Waals surface area contributed by atoms with E-state index in [0.29, 0.717) is 5.82 Å². The van der Waals surface area contributed by atoms with Crippen molar-refractivity contribution < 1.29 is 9.90 Å². The first-order chi connectivity index (χ1) is 10.1. The van der Waals surface area contributed by atoms with Crippen molar-refractivity contribution in [1.29, 1.82) is 0 Å². The Kier molecular flexibility index (Phi) is 4.73. The van der Waals surface area contributed by atoms with Crippen LogP contribution in [0.1, 0.15) is 32.8 Å². The zero-order chi connectivity index (χ0) is 15.4. The highest BCUT2D eigenvalue weighted by molar-refractivity contribution is 5.91. The molecule has 0 aliphatic heterocycles. The van der Waals surface area contributed by atoms with Crippen LogP contribution in [0.25, 0.3) is 10.9 Å². The van der Waals surface area contributed by atoms with Crippen molar-refractivity contribution in [3.63, 3.8) is 0 Å². The number of nitrogens with one attached hydrogen (secondary N) is 1. The minimum absolute atomic E-state index is 0.0156. The number of carboxylic acids is 1. The summed E-state index contributed by atoms with van der Waals surface area (Å²) in [7, 11) is 0. The first-order valence-electron chi connectivity index (χ1n) is 7.29. The van der Waals surface area contributed by atoms with E-state index >= 15 is 0 Å². The molecule has 0 spiro atoms. The molecule has 2 rings (SSSR count). The van der Waals surface area contributed by atoms with Gasteiger partial charge >= 0.3 is 5.97 Å². The summed E-state index contributed by atoms with van der Waals surface area (Å²) in [5, 5.41) is 13.3. The number of benzene rings is 1. The summed E-state index contributed by atoms with van der Waals surface area (Å²) in [5.74, 6) is -0.257. The van der Waals surface area contributed by atoms with E-state index in [2.05, 4.69) is 22.2 Å². The Hall–Kier alpha value is -2.17. The van der Waals surface area contributed by atoms with E-state index < -0.39 is 12.0 Å². The van der Waals surface area contributed by atoms with Crippen LogP contribution in [0.4, 0.5) is 5.82 Å². The molecule has 1 aromatic carbocycles. The van der Waals surface area contributed by atoms with E-state index in [0.717, 1.165) is 23.7 Å². The first-order valence-corrected chi connectivity index (χ1v) is 7.29. The lowest BCUT2D eigenvalue weighted by Gasteiger charge is -2.21. The van der Waals surface area contributed by atoms with Gasteiger partial charge in [-0.05, 0) is 30.0 Å². The molecule has 2 N–H and O–H groups in total. The van der Waals surface area contributed by atoms with Crippen molar-refractivity contribution in [2.24, 2.45) is 5.92 Å². The summed E-state index contributed by atoms with van der Waals surface area (Å²) in [6.45, 7) is 5.99. The number of rotatable bonds is 6. The molecule has 0 bridgehead atoms. The summed E-state index contributed by atoms with van der Waals surface area (Å²) >= 11 is 0. The molecule has 5 nitrogen and oxygen atoms in total. The van der Waals surface area contributed by atoms with Crippen LogP contribution >= 0.6 is 0 Å². The smallest absolute Gasteiger partial charge is 0.326 e. The van der Waals surface area contributed by atoms with Crippen LogP contribution in [0, 0.1) is 5.92 Å². The fourth-order valence-corrected chi connectivity index (χ4v) is 2.27. The molecule has 21 heavy (non-hydrogen) atoms. The van der Waals surface area contributed by atoms with Crippen molar-refractivity contribution in [3.05, 3.63) is 30.1 Å². The van der Waals surface area contributed by atoms with Crippen LogP contribution in [0.15, 0.2) is 24.5 Å². The van der Waals surface area contributed by atoms with Gasteiger partial charge in [0, 0.05) is 5.39 Å². The molecule has 2 aromatic rings. The van der Waals surface area contributed by atoms with E-state index in [9.17, 15) is 9.90 Å². The molecule has 0 radical (unpaired) electrons. The van der Waals surface area contributed by atoms with E-state index in [4.69, 9.17) is 0 Å². The lowest BCUT2D eigenvalue weighted by molar-refractivity contribution is -0.139. The quantitative estimate of drug-likeness (QED) is 0.854. The summed E-state index contributed by atoms with van der Waals surface area (Å²) in [6, 6.07) is 5.34. The molecule has 0 amide bonds. The zero-order valence-electron chi connectivity index (χ0n) is 12.6. The Morgan fingerprint density at radius 3 is 2.71 bits per heavy atom. The zero-order valence-corrected chi connectivity index (χ0v) is 12.6. The maximum Gasteiger partial charge on any atom is 0.326 e. The Labute approximate surface area is 124 Å². The number of aryl methyl sites for hydroxylation is 1. The minimum Gasteiger partial charge on any atom is -0.480 e. The number of anilines is 1. The molecule has 0 fully saturated rings. The molecule has 1 aromatic heterocycles. The Balaban J connectivity index is 2.42. The van der Waals surface area contributed by atoms with Gasteiger partial charge in [-0.3, -0.25) is 0 Å². The Morgan fingerprint density at radius 2 is 2.10 bits per heavy atom. The largest absolute Gasteiger partial charge is 0.480 e. The van der Waals surface area contributed by atoms with Gasteiger partial charge in [-0.1, -0.05) is 33.3 Å². The number of aliphatic carboxylic acids is 1. The van der Waals surface area contributed by atoms with Crippen molar-refractivity contribution in [3.8, 4) is 0 Å². The summed E-state index contributed by atoms with van der Waals surface area (Å²) in [5.41, 5.74) is 1.99. The number of aromatic nitrogens is 2. The van der Waals surface area contributed by atoms with Crippen LogP contribution in [0.3, 0.4) is 0 Å². The molecule has 112 valence electrons. The van der Waals surface area contributed by atoms with E-state index in [1.165, 1.54) is 11.9 Å². The Morgan fingerprint density at radius 1 is 1.33 bits per heavy atom. The third-order valence-electron chi connectivity index (χ3n) is 3.88. The molecule has 2 unspecified atom stereocenters. The molecule has 1 heterocycles. The molecule has 0 saturated heterocycles. The number of carbonyl (C=O) groups is 1. The lowest BCUT2D eigenvalue weighted by Crippen LogP contribution is -2.35. The van der Waals surface area contributed by atoms with Crippen molar-refractivity contribution in [2.75, 3.05) is 5.32 Å². The summed E-state index contributed by atoms with van der Waals surface area (Å²) in [6.07, 6.45) is 3.16. The predicted molar refractivity (Wildman–Crippen MR) is 83.4 cm³/mol. The molecule has 0 aliphatic rings. The Bertz CT molecular complexity index is 642. The number of carboxylic acid groups (broad SMARTS) is 1. The van der Waals surface area contributed by atoms with Crippen LogP contribution in [0.5, 0.6) is 0 Å². The number of fused-ring (bicyclic) bond motifs is 1. The third kappa shape index (κ3) is 3.29. The fraction of sp³-hybridized carbons (Fsp3) is 0.438. The van der Waals surface area contributed by atoms with Crippen molar-refractivity contribution >= 4 is 22.7 Å². The van der Waals surface area contributed by atoms with Gasteiger partial charge in [-0.25, -0.2) is 14.8 Å². The van der Waals surface area contributed by atoms with Crippen molar-refractivity contribution in [2.45, 2.75) is 39.7 Å². The van der Waals surface area contributed by atoms with E-state index in [1.54, 1.807) is 0 Å². The highest BCUT2D eigenvalue weighted by Gasteiger charge is 2.24. The van der Waals surface area contributed by atoms with Gasteiger partial charge in [0.2, 0.25) is 0 Å². The van der Waals surface area contributed by atoms with Gasteiger partial charge in [0.25, 0.3) is 0 Å². The average Bonchev–Trinajstić information content (AvgIpc) is 2.51. The second kappa shape index (κ2) is 6.52. The van der Waals surface area contributed by atoms with Gasteiger partial charge in [0.15, 0.2) is 0 Å². The monoisotopic (exact) mass is 287 g/mol. The topological polar surface area (TPSA) is 75.1 Å². The number of nitrogens with zero attached hydrogens (tertiary/aromatic N) is 2. The molecular weight excluding hydrogens is 266 g/mol. The molecule has 5 heteroatoms.